The molecule has 16 heavy (non-hydrogen) atoms. The molecule has 0 bridgehead atoms. The quantitative estimate of drug-likeness (QED) is 0.735. The van der Waals surface area contributed by atoms with Gasteiger partial charge in [0.2, 0.25) is 5.91 Å². The number of nitrogens with one attached hydrogen (secondary N) is 1. The summed E-state index contributed by atoms with van der Waals surface area (Å²) in [7, 11) is 0. The normalized spacial score (nSPS) is 27.1. The van der Waals surface area contributed by atoms with Gasteiger partial charge in [0.25, 0.3) is 0 Å². The number of carbonyl (C=O) groups excluding carboxylic acids is 1. The third kappa shape index (κ3) is 4.10. The zero-order valence-corrected chi connectivity index (χ0v) is 10.5. The van der Waals surface area contributed by atoms with Crippen LogP contribution in [0.1, 0.15) is 33.6 Å². The molecule has 0 saturated carbocycles. The Morgan fingerprint density at radius 1 is 1.56 bits per heavy atom. The summed E-state index contributed by atoms with van der Waals surface area (Å²) < 4.78 is 5.37. The van der Waals surface area contributed by atoms with Crippen molar-refractivity contribution < 1.29 is 9.53 Å². The maximum atomic E-state index is 11.8. The topological polar surface area (TPSA) is 64.3 Å². The molecule has 1 heterocycles. The van der Waals surface area contributed by atoms with Gasteiger partial charge in [-0.2, -0.15) is 0 Å². The fraction of sp³-hybridized carbons (Fsp3) is 0.917. The second-order valence-corrected chi connectivity index (χ2v) is 5.11. The van der Waals surface area contributed by atoms with Gasteiger partial charge in [-0.05, 0) is 25.7 Å². The molecular weight excluding hydrogens is 204 g/mol. The highest BCUT2D eigenvalue weighted by Gasteiger charge is 2.30. The monoisotopic (exact) mass is 228 g/mol. The van der Waals surface area contributed by atoms with E-state index < -0.39 is 0 Å². The lowest BCUT2D eigenvalue weighted by atomic mass is 10.0. The van der Waals surface area contributed by atoms with Crippen LogP contribution < -0.4 is 11.1 Å². The number of rotatable bonds is 5. The van der Waals surface area contributed by atoms with E-state index in [-0.39, 0.29) is 24.0 Å². The van der Waals surface area contributed by atoms with Gasteiger partial charge >= 0.3 is 0 Å². The summed E-state index contributed by atoms with van der Waals surface area (Å²) in [5.74, 6) is 0.663. The zero-order valence-electron chi connectivity index (χ0n) is 10.5. The Bertz CT molecular complexity index is 231. The Kier molecular flexibility index (Phi) is 5.22. The maximum Gasteiger partial charge on any atom is 0.225 e. The van der Waals surface area contributed by atoms with E-state index in [1.165, 1.54) is 0 Å². The Balaban J connectivity index is 2.24. The molecular formula is C12H24N2O2. The minimum atomic E-state index is 0.00579. The summed E-state index contributed by atoms with van der Waals surface area (Å²) in [6.07, 6.45) is 1.81. The summed E-state index contributed by atoms with van der Waals surface area (Å²) >= 11 is 0. The first kappa shape index (κ1) is 13.5. The first-order valence-corrected chi connectivity index (χ1v) is 6.15. The van der Waals surface area contributed by atoms with E-state index in [0.29, 0.717) is 19.1 Å². The zero-order chi connectivity index (χ0) is 12.1. The lowest BCUT2D eigenvalue weighted by molar-refractivity contribution is -0.126. The van der Waals surface area contributed by atoms with Crippen LogP contribution in [0.25, 0.3) is 0 Å². The molecule has 1 aliphatic heterocycles. The highest BCUT2D eigenvalue weighted by atomic mass is 16.5. The molecule has 1 saturated heterocycles. The molecule has 1 amide bonds. The number of nitrogens with two attached hydrogens (primary N) is 1. The van der Waals surface area contributed by atoms with Crippen LogP contribution in [-0.2, 0) is 9.53 Å². The van der Waals surface area contributed by atoms with Crippen LogP contribution in [-0.4, -0.2) is 31.2 Å². The summed E-state index contributed by atoms with van der Waals surface area (Å²) in [5.41, 5.74) is 5.91. The molecule has 0 aromatic carbocycles. The van der Waals surface area contributed by atoms with Crippen LogP contribution in [0.3, 0.4) is 0 Å². The Labute approximate surface area is 97.9 Å². The van der Waals surface area contributed by atoms with E-state index in [1.807, 2.05) is 6.92 Å². The molecule has 1 fully saturated rings. The van der Waals surface area contributed by atoms with E-state index in [9.17, 15) is 4.79 Å². The summed E-state index contributed by atoms with van der Waals surface area (Å²) in [4.78, 5) is 11.8. The van der Waals surface area contributed by atoms with Crippen molar-refractivity contribution >= 4 is 5.91 Å². The maximum absolute atomic E-state index is 11.8. The fourth-order valence-electron chi connectivity index (χ4n) is 2.13. The average molecular weight is 228 g/mol. The van der Waals surface area contributed by atoms with Gasteiger partial charge < -0.3 is 15.8 Å². The molecule has 0 spiro atoms. The highest BCUT2D eigenvalue weighted by molar-refractivity contribution is 5.79. The largest absolute Gasteiger partial charge is 0.378 e. The Morgan fingerprint density at radius 3 is 2.75 bits per heavy atom. The predicted molar refractivity (Wildman–Crippen MR) is 64.0 cm³/mol. The molecule has 3 N–H and O–H groups in total. The summed E-state index contributed by atoms with van der Waals surface area (Å²) in [6.45, 7) is 7.48. The van der Waals surface area contributed by atoms with E-state index >= 15 is 0 Å². The van der Waals surface area contributed by atoms with Crippen molar-refractivity contribution in [2.75, 3.05) is 13.2 Å². The van der Waals surface area contributed by atoms with Gasteiger partial charge in [0.15, 0.2) is 0 Å². The first-order chi connectivity index (χ1) is 7.50. The van der Waals surface area contributed by atoms with Gasteiger partial charge in [-0.25, -0.2) is 0 Å². The SMILES string of the molecule is CC(C)CC(N)CNC(=O)C1CCOC1C. The minimum Gasteiger partial charge on any atom is -0.378 e. The third-order valence-electron chi connectivity index (χ3n) is 3.03. The van der Waals surface area contributed by atoms with Crippen molar-refractivity contribution in [2.45, 2.75) is 45.8 Å². The molecule has 94 valence electrons. The number of ether oxygens (including phenoxy) is 1. The number of carbonyl (C=O) groups is 1. The van der Waals surface area contributed by atoms with Crippen molar-refractivity contribution in [1.82, 2.24) is 5.32 Å². The van der Waals surface area contributed by atoms with Gasteiger partial charge in [0.05, 0.1) is 12.0 Å². The number of hydrogen-bond donors (Lipinski definition) is 2. The van der Waals surface area contributed by atoms with Gasteiger partial charge in [-0.15, -0.1) is 0 Å². The van der Waals surface area contributed by atoms with Crippen molar-refractivity contribution in [3.63, 3.8) is 0 Å². The lowest BCUT2D eigenvalue weighted by Gasteiger charge is -2.18. The standard InChI is InChI=1S/C12H24N2O2/c1-8(2)6-10(13)7-14-12(15)11-4-5-16-9(11)3/h8-11H,4-7,13H2,1-3H3,(H,14,15). The van der Waals surface area contributed by atoms with Crippen LogP contribution in [0.2, 0.25) is 0 Å². The molecule has 3 atom stereocenters. The van der Waals surface area contributed by atoms with Crippen LogP contribution in [0, 0.1) is 11.8 Å². The highest BCUT2D eigenvalue weighted by Crippen LogP contribution is 2.20. The van der Waals surface area contributed by atoms with Crippen molar-refractivity contribution in [1.29, 1.82) is 0 Å². The van der Waals surface area contributed by atoms with Gasteiger partial charge in [0, 0.05) is 19.2 Å². The van der Waals surface area contributed by atoms with Crippen molar-refractivity contribution in [3.8, 4) is 0 Å². The van der Waals surface area contributed by atoms with Crippen LogP contribution in [0.4, 0.5) is 0 Å². The van der Waals surface area contributed by atoms with Crippen molar-refractivity contribution in [2.24, 2.45) is 17.6 Å². The predicted octanol–water partition coefficient (Wildman–Crippen LogP) is 0.901. The second-order valence-electron chi connectivity index (χ2n) is 5.11. The lowest BCUT2D eigenvalue weighted by Crippen LogP contribution is -2.42. The number of hydrogen-bond acceptors (Lipinski definition) is 3. The molecule has 4 heteroatoms. The molecule has 0 aliphatic carbocycles. The molecule has 0 aromatic heterocycles. The van der Waals surface area contributed by atoms with E-state index in [0.717, 1.165) is 12.8 Å². The van der Waals surface area contributed by atoms with Crippen LogP contribution in [0.5, 0.6) is 0 Å². The van der Waals surface area contributed by atoms with Crippen molar-refractivity contribution in [3.05, 3.63) is 0 Å². The van der Waals surface area contributed by atoms with Crippen LogP contribution >= 0.6 is 0 Å². The first-order valence-electron chi connectivity index (χ1n) is 6.15. The summed E-state index contributed by atoms with van der Waals surface area (Å²) in [5, 5.41) is 2.92. The molecule has 1 aliphatic rings. The number of amides is 1. The molecule has 1 rings (SSSR count). The average Bonchev–Trinajstić information content (AvgIpc) is 2.60. The fourth-order valence-corrected chi connectivity index (χ4v) is 2.13. The van der Waals surface area contributed by atoms with Gasteiger partial charge in [0.1, 0.15) is 0 Å². The van der Waals surface area contributed by atoms with E-state index in [2.05, 4.69) is 19.2 Å². The van der Waals surface area contributed by atoms with E-state index in [4.69, 9.17) is 10.5 Å². The Morgan fingerprint density at radius 2 is 2.25 bits per heavy atom. The summed E-state index contributed by atoms with van der Waals surface area (Å²) in [6, 6.07) is 0.0570. The third-order valence-corrected chi connectivity index (χ3v) is 3.03. The second kappa shape index (κ2) is 6.21. The molecule has 0 radical (unpaired) electrons. The molecule has 0 aromatic rings. The Hall–Kier alpha value is -0.610. The molecule has 4 nitrogen and oxygen atoms in total. The van der Waals surface area contributed by atoms with E-state index in [1.54, 1.807) is 0 Å². The smallest absolute Gasteiger partial charge is 0.225 e. The van der Waals surface area contributed by atoms with Gasteiger partial charge in [-0.3, -0.25) is 4.79 Å². The minimum absolute atomic E-state index is 0.00579. The molecule has 3 unspecified atom stereocenters. The van der Waals surface area contributed by atoms with Crippen LogP contribution in [0.15, 0.2) is 0 Å². The van der Waals surface area contributed by atoms with Gasteiger partial charge in [-0.1, -0.05) is 13.8 Å².